The SMILES string of the molecule is CCS(=O)(=O)c1c(-c2nccn2C)sc2cc(C(F)(F)F)ccc12. The van der Waals surface area contributed by atoms with Gasteiger partial charge >= 0.3 is 6.18 Å². The van der Waals surface area contributed by atoms with Crippen molar-refractivity contribution in [1.82, 2.24) is 9.55 Å². The third-order valence-corrected chi connectivity index (χ3v) is 6.77. The molecule has 0 saturated carbocycles. The number of alkyl halides is 3. The van der Waals surface area contributed by atoms with Crippen LogP contribution in [0.15, 0.2) is 35.5 Å². The molecule has 9 heteroatoms. The fraction of sp³-hybridized carbons (Fsp3) is 0.267. The molecule has 0 fully saturated rings. The van der Waals surface area contributed by atoms with Gasteiger partial charge in [0.15, 0.2) is 15.7 Å². The molecule has 2 heterocycles. The molecular formula is C15H13F3N2O2S2. The van der Waals surface area contributed by atoms with E-state index in [9.17, 15) is 21.6 Å². The third kappa shape index (κ3) is 2.71. The monoisotopic (exact) mass is 374 g/mol. The molecule has 0 saturated heterocycles. The van der Waals surface area contributed by atoms with Crippen molar-refractivity contribution in [2.75, 3.05) is 5.75 Å². The fourth-order valence-electron chi connectivity index (χ4n) is 2.43. The Hall–Kier alpha value is -1.87. The summed E-state index contributed by atoms with van der Waals surface area (Å²) in [7, 11) is -1.92. The van der Waals surface area contributed by atoms with Gasteiger partial charge in [-0.2, -0.15) is 13.2 Å². The second kappa shape index (κ2) is 5.59. The third-order valence-electron chi connectivity index (χ3n) is 3.69. The van der Waals surface area contributed by atoms with Crippen LogP contribution in [0.1, 0.15) is 12.5 Å². The summed E-state index contributed by atoms with van der Waals surface area (Å²) in [5, 5.41) is 0.299. The zero-order valence-corrected chi connectivity index (χ0v) is 14.4. The topological polar surface area (TPSA) is 52.0 Å². The Morgan fingerprint density at radius 1 is 1.29 bits per heavy atom. The van der Waals surface area contributed by atoms with E-state index < -0.39 is 21.6 Å². The van der Waals surface area contributed by atoms with Crippen molar-refractivity contribution in [3.63, 3.8) is 0 Å². The molecular weight excluding hydrogens is 361 g/mol. The molecule has 0 bridgehead atoms. The lowest BCUT2D eigenvalue weighted by atomic mass is 10.1. The van der Waals surface area contributed by atoms with Crippen LogP contribution in [0.4, 0.5) is 13.2 Å². The zero-order valence-electron chi connectivity index (χ0n) is 12.8. The summed E-state index contributed by atoms with van der Waals surface area (Å²) in [6.07, 6.45) is -1.31. The van der Waals surface area contributed by atoms with Crippen molar-refractivity contribution in [1.29, 1.82) is 0 Å². The Labute approximate surface area is 140 Å². The Bertz CT molecular complexity index is 1020. The van der Waals surface area contributed by atoms with Gasteiger partial charge in [-0.25, -0.2) is 13.4 Å². The highest BCUT2D eigenvalue weighted by Crippen LogP contribution is 2.43. The average molecular weight is 374 g/mol. The first-order valence-electron chi connectivity index (χ1n) is 6.99. The highest BCUT2D eigenvalue weighted by molar-refractivity contribution is 7.92. The van der Waals surface area contributed by atoms with Crippen molar-refractivity contribution in [3.8, 4) is 10.7 Å². The van der Waals surface area contributed by atoms with Crippen LogP contribution in [-0.2, 0) is 23.1 Å². The molecule has 0 aliphatic rings. The van der Waals surface area contributed by atoms with E-state index in [-0.39, 0.29) is 15.3 Å². The molecule has 1 aromatic carbocycles. The summed E-state index contributed by atoms with van der Waals surface area (Å²) in [6.45, 7) is 1.51. The maximum absolute atomic E-state index is 12.9. The van der Waals surface area contributed by atoms with Crippen molar-refractivity contribution < 1.29 is 21.6 Å². The van der Waals surface area contributed by atoms with Gasteiger partial charge in [-0.15, -0.1) is 11.3 Å². The predicted octanol–water partition coefficient (Wildman–Crippen LogP) is 4.11. The first-order valence-corrected chi connectivity index (χ1v) is 9.46. The van der Waals surface area contributed by atoms with Crippen LogP contribution >= 0.6 is 11.3 Å². The number of imidazole rings is 1. The first kappa shape index (κ1) is 17.0. The molecule has 24 heavy (non-hydrogen) atoms. The number of hydrogen-bond acceptors (Lipinski definition) is 4. The van der Waals surface area contributed by atoms with Crippen LogP contribution in [0.2, 0.25) is 0 Å². The molecule has 3 aromatic rings. The van der Waals surface area contributed by atoms with Crippen LogP contribution < -0.4 is 0 Å². The Balaban J connectivity index is 2.38. The van der Waals surface area contributed by atoms with Gasteiger partial charge in [0.05, 0.1) is 21.1 Å². The van der Waals surface area contributed by atoms with Crippen LogP contribution in [0.25, 0.3) is 20.8 Å². The number of aryl methyl sites for hydroxylation is 1. The molecule has 0 aliphatic heterocycles. The number of nitrogens with zero attached hydrogens (tertiary/aromatic N) is 2. The van der Waals surface area contributed by atoms with Gasteiger partial charge in [0.25, 0.3) is 0 Å². The Kier molecular flexibility index (Phi) is 3.95. The fourth-order valence-corrected chi connectivity index (χ4v) is 5.36. The standard InChI is InChI=1S/C15H13F3N2O2S2/c1-3-24(21,22)13-10-5-4-9(15(16,17)18)8-11(10)23-12(13)14-19-6-7-20(14)2/h4-8H,3H2,1-2H3. The molecule has 2 aromatic heterocycles. The molecule has 0 radical (unpaired) electrons. The molecule has 4 nitrogen and oxygen atoms in total. The van der Waals surface area contributed by atoms with Gasteiger partial charge in [-0.1, -0.05) is 13.0 Å². The second-order valence-electron chi connectivity index (χ2n) is 5.23. The summed E-state index contributed by atoms with van der Waals surface area (Å²) in [4.78, 5) is 4.56. The first-order chi connectivity index (χ1) is 11.1. The number of hydrogen-bond donors (Lipinski definition) is 0. The van der Waals surface area contributed by atoms with E-state index in [1.165, 1.54) is 19.2 Å². The Morgan fingerprint density at radius 2 is 2.00 bits per heavy atom. The zero-order chi connectivity index (χ0) is 17.7. The number of aromatic nitrogens is 2. The minimum absolute atomic E-state index is 0.0491. The van der Waals surface area contributed by atoms with Crippen molar-refractivity contribution in [3.05, 3.63) is 36.2 Å². The van der Waals surface area contributed by atoms with E-state index in [4.69, 9.17) is 0 Å². The Morgan fingerprint density at radius 3 is 2.54 bits per heavy atom. The molecule has 0 aliphatic carbocycles. The van der Waals surface area contributed by atoms with Gasteiger partial charge in [-0.3, -0.25) is 0 Å². The van der Waals surface area contributed by atoms with Gasteiger partial charge in [0, 0.05) is 29.5 Å². The number of thiophene rings is 1. The highest BCUT2D eigenvalue weighted by Gasteiger charge is 2.32. The summed E-state index contributed by atoms with van der Waals surface area (Å²) in [6, 6.07) is 3.12. The van der Waals surface area contributed by atoms with Gasteiger partial charge in [-0.05, 0) is 12.1 Å². The lowest BCUT2D eigenvalue weighted by Crippen LogP contribution is -2.06. The van der Waals surface area contributed by atoms with Crippen LogP contribution in [0.5, 0.6) is 0 Å². The maximum atomic E-state index is 12.9. The minimum atomic E-state index is -4.48. The van der Waals surface area contributed by atoms with E-state index in [2.05, 4.69) is 4.98 Å². The molecule has 0 N–H and O–H groups in total. The van der Waals surface area contributed by atoms with E-state index in [1.807, 2.05) is 0 Å². The summed E-state index contributed by atoms with van der Waals surface area (Å²) < 4.78 is 65.8. The van der Waals surface area contributed by atoms with Crippen molar-refractivity contribution in [2.45, 2.75) is 18.0 Å². The number of sulfone groups is 1. The van der Waals surface area contributed by atoms with E-state index in [0.29, 0.717) is 16.1 Å². The number of rotatable bonds is 3. The summed E-state index contributed by atoms with van der Waals surface area (Å²) in [5.74, 6) is 0.272. The second-order valence-corrected chi connectivity index (χ2v) is 8.50. The summed E-state index contributed by atoms with van der Waals surface area (Å²) >= 11 is 1.01. The van der Waals surface area contributed by atoms with Crippen LogP contribution in [0.3, 0.4) is 0 Å². The number of benzene rings is 1. The molecule has 128 valence electrons. The molecule has 0 unspecified atom stereocenters. The van der Waals surface area contributed by atoms with Crippen molar-refractivity contribution >= 4 is 31.3 Å². The lowest BCUT2D eigenvalue weighted by Gasteiger charge is -2.07. The van der Waals surface area contributed by atoms with E-state index >= 15 is 0 Å². The van der Waals surface area contributed by atoms with E-state index in [0.717, 1.165) is 23.5 Å². The van der Waals surface area contributed by atoms with Gasteiger partial charge in [0.1, 0.15) is 0 Å². The largest absolute Gasteiger partial charge is 0.416 e. The summed E-state index contributed by atoms with van der Waals surface area (Å²) in [5.41, 5.74) is -0.803. The van der Waals surface area contributed by atoms with Crippen molar-refractivity contribution in [2.24, 2.45) is 7.05 Å². The van der Waals surface area contributed by atoms with Crippen LogP contribution in [-0.4, -0.2) is 23.7 Å². The maximum Gasteiger partial charge on any atom is 0.416 e. The number of halogens is 3. The van der Waals surface area contributed by atoms with E-state index in [1.54, 1.807) is 17.8 Å². The number of fused-ring (bicyclic) bond motifs is 1. The van der Waals surface area contributed by atoms with Crippen LogP contribution in [0, 0.1) is 0 Å². The molecule has 3 rings (SSSR count). The minimum Gasteiger partial charge on any atom is -0.333 e. The molecule has 0 spiro atoms. The quantitative estimate of drug-likeness (QED) is 0.693. The normalized spacial score (nSPS) is 12.9. The average Bonchev–Trinajstić information content (AvgIpc) is 3.08. The molecule has 0 atom stereocenters. The predicted molar refractivity (Wildman–Crippen MR) is 86.8 cm³/mol. The van der Waals surface area contributed by atoms with Gasteiger partial charge in [0.2, 0.25) is 0 Å². The highest BCUT2D eigenvalue weighted by atomic mass is 32.2. The smallest absolute Gasteiger partial charge is 0.333 e. The molecule has 0 amide bonds. The lowest BCUT2D eigenvalue weighted by molar-refractivity contribution is -0.137. The van der Waals surface area contributed by atoms with Gasteiger partial charge < -0.3 is 4.57 Å².